The van der Waals surface area contributed by atoms with Crippen LogP contribution in [0.25, 0.3) is 5.57 Å². The molecule has 3 atom stereocenters. The number of carbonyl (C=O) groups is 2. The van der Waals surface area contributed by atoms with E-state index in [1.54, 1.807) is 6.08 Å². The molecule has 0 aliphatic heterocycles. The van der Waals surface area contributed by atoms with Gasteiger partial charge < -0.3 is 9.84 Å². The van der Waals surface area contributed by atoms with Crippen LogP contribution < -0.4 is 9.88 Å². The first-order valence-electron chi connectivity index (χ1n) is 9.19. The third kappa shape index (κ3) is 3.36. The lowest BCUT2D eigenvalue weighted by Gasteiger charge is -2.28. The number of ketones is 1. The SMILES string of the molecule is CC[C@H]1c2cc(OC(CC)(C(=O)O)S(N)(=O)=O)c(Cl)c(Cl)c2C2=CC(=O)CCC21. The van der Waals surface area contributed by atoms with Crippen LogP contribution in [-0.2, 0) is 19.6 Å². The molecule has 158 valence electrons. The van der Waals surface area contributed by atoms with Crippen molar-refractivity contribution in [2.45, 2.75) is 50.4 Å². The van der Waals surface area contributed by atoms with E-state index in [4.69, 9.17) is 33.1 Å². The molecule has 1 aromatic carbocycles. The second-order valence-electron chi connectivity index (χ2n) is 7.25. The number of rotatable bonds is 6. The van der Waals surface area contributed by atoms with Gasteiger partial charge in [0.1, 0.15) is 10.8 Å². The summed E-state index contributed by atoms with van der Waals surface area (Å²) < 4.78 is 29.6. The molecule has 0 fully saturated rings. The monoisotopic (exact) mass is 461 g/mol. The Morgan fingerprint density at radius 1 is 1.34 bits per heavy atom. The van der Waals surface area contributed by atoms with Crippen LogP contribution in [0.3, 0.4) is 0 Å². The topological polar surface area (TPSA) is 124 Å². The molecule has 3 rings (SSSR count). The second-order valence-corrected chi connectivity index (χ2v) is 9.76. The number of allylic oxidation sites excluding steroid dienone is 2. The number of aliphatic carboxylic acids is 1. The summed E-state index contributed by atoms with van der Waals surface area (Å²) in [6.07, 6.45) is 3.01. The van der Waals surface area contributed by atoms with Gasteiger partial charge in [-0.05, 0) is 48.0 Å². The maximum Gasteiger partial charge on any atom is 0.365 e. The number of hydrogen-bond donors (Lipinski definition) is 2. The number of hydrogen-bond acceptors (Lipinski definition) is 5. The number of halogens is 2. The van der Waals surface area contributed by atoms with Crippen LogP contribution in [-0.4, -0.2) is 30.2 Å². The van der Waals surface area contributed by atoms with Gasteiger partial charge in [0.05, 0.1) is 5.02 Å². The Bertz CT molecular complexity index is 1040. The normalized spacial score (nSPS) is 23.1. The number of nitrogens with two attached hydrogens (primary N) is 1. The Morgan fingerprint density at radius 3 is 2.52 bits per heavy atom. The summed E-state index contributed by atoms with van der Waals surface area (Å²) in [6, 6.07) is 1.53. The van der Waals surface area contributed by atoms with E-state index in [0.717, 1.165) is 17.6 Å². The Kier molecular flexibility index (Phi) is 5.77. The number of ether oxygens (including phenoxy) is 1. The maximum atomic E-state index is 12.1. The lowest BCUT2D eigenvalue weighted by Crippen LogP contribution is -2.54. The smallest absolute Gasteiger partial charge is 0.365 e. The average molecular weight is 462 g/mol. The van der Waals surface area contributed by atoms with Gasteiger partial charge in [-0.25, -0.2) is 18.4 Å². The molecule has 0 bridgehead atoms. The van der Waals surface area contributed by atoms with Gasteiger partial charge in [-0.1, -0.05) is 37.0 Å². The Balaban J connectivity index is 2.21. The fourth-order valence-corrected chi connectivity index (χ4v) is 5.66. The van der Waals surface area contributed by atoms with Crippen LogP contribution in [0.5, 0.6) is 5.75 Å². The number of sulfonamides is 1. The fraction of sp³-hybridized carbons (Fsp3) is 0.474. The van der Waals surface area contributed by atoms with E-state index in [0.29, 0.717) is 18.4 Å². The quantitative estimate of drug-likeness (QED) is 0.664. The average Bonchev–Trinajstić information content (AvgIpc) is 2.94. The molecule has 3 N–H and O–H groups in total. The zero-order chi connectivity index (χ0) is 21.7. The van der Waals surface area contributed by atoms with Crippen LogP contribution in [0.4, 0.5) is 0 Å². The standard InChI is InChI=1S/C19H21Cl2NO6S/c1-3-10-11-6-5-9(23)7-12(11)15-13(10)8-14(16(20)17(15)21)28-19(4-2,18(24)25)29(22,26)27/h7-8,10-11H,3-6H2,1-2H3,(H,24,25)(H2,22,26,27)/t10-,11?,19?/m1/s1. The molecule has 10 heteroatoms. The lowest BCUT2D eigenvalue weighted by molar-refractivity contribution is -0.148. The molecule has 0 amide bonds. The fourth-order valence-electron chi connectivity index (χ4n) is 4.31. The summed E-state index contributed by atoms with van der Waals surface area (Å²) in [5.41, 5.74) is 2.21. The van der Waals surface area contributed by atoms with Crippen LogP contribution in [0.1, 0.15) is 56.6 Å². The molecule has 2 aliphatic carbocycles. The number of fused-ring (bicyclic) bond motifs is 3. The summed E-state index contributed by atoms with van der Waals surface area (Å²) in [7, 11) is -4.64. The van der Waals surface area contributed by atoms with E-state index >= 15 is 0 Å². The molecule has 29 heavy (non-hydrogen) atoms. The van der Waals surface area contributed by atoms with Gasteiger partial charge in [-0.15, -0.1) is 0 Å². The maximum absolute atomic E-state index is 12.1. The van der Waals surface area contributed by atoms with Crippen molar-refractivity contribution >= 4 is 50.6 Å². The molecule has 2 unspecified atom stereocenters. The van der Waals surface area contributed by atoms with Gasteiger partial charge in [-0.3, -0.25) is 4.79 Å². The predicted molar refractivity (Wildman–Crippen MR) is 110 cm³/mol. The van der Waals surface area contributed by atoms with Gasteiger partial charge >= 0.3 is 10.9 Å². The van der Waals surface area contributed by atoms with E-state index in [9.17, 15) is 23.1 Å². The number of carbonyl (C=O) groups excluding carboxylic acids is 1. The second kappa shape index (κ2) is 7.58. The summed E-state index contributed by atoms with van der Waals surface area (Å²) in [5.74, 6) is -1.79. The van der Waals surface area contributed by atoms with Crippen molar-refractivity contribution in [3.8, 4) is 5.75 Å². The Hall–Kier alpha value is -1.61. The lowest BCUT2D eigenvalue weighted by atomic mass is 9.81. The first-order chi connectivity index (χ1) is 13.5. The highest BCUT2D eigenvalue weighted by Gasteiger charge is 2.52. The highest BCUT2D eigenvalue weighted by molar-refractivity contribution is 7.91. The molecule has 7 nitrogen and oxygen atoms in total. The summed E-state index contributed by atoms with van der Waals surface area (Å²) in [6.45, 7) is 3.33. The minimum atomic E-state index is -4.64. The van der Waals surface area contributed by atoms with Crippen molar-refractivity contribution in [2.24, 2.45) is 11.1 Å². The molecule has 0 heterocycles. The number of primary sulfonamides is 1. The van der Waals surface area contributed by atoms with Crippen molar-refractivity contribution in [3.05, 3.63) is 33.3 Å². The predicted octanol–water partition coefficient (Wildman–Crippen LogP) is 3.72. The van der Waals surface area contributed by atoms with Crippen LogP contribution in [0, 0.1) is 5.92 Å². The highest BCUT2D eigenvalue weighted by Crippen LogP contribution is 2.56. The third-order valence-electron chi connectivity index (χ3n) is 5.76. The molecular weight excluding hydrogens is 441 g/mol. The van der Waals surface area contributed by atoms with Gasteiger partial charge in [0, 0.05) is 18.4 Å². The number of benzene rings is 1. The van der Waals surface area contributed by atoms with E-state index < -0.39 is 27.3 Å². The minimum Gasteiger partial charge on any atom is -0.477 e. The Labute approximate surface area is 178 Å². The minimum absolute atomic E-state index is 0.0107. The third-order valence-corrected chi connectivity index (χ3v) is 8.08. The van der Waals surface area contributed by atoms with Gasteiger partial charge in [-0.2, -0.15) is 0 Å². The van der Waals surface area contributed by atoms with Crippen molar-refractivity contribution in [2.75, 3.05) is 0 Å². The van der Waals surface area contributed by atoms with E-state index in [-0.39, 0.29) is 33.4 Å². The molecule has 0 spiro atoms. The van der Waals surface area contributed by atoms with Crippen LogP contribution in [0.15, 0.2) is 12.1 Å². The molecule has 0 saturated heterocycles. The first kappa shape index (κ1) is 22.1. The van der Waals surface area contributed by atoms with E-state index in [2.05, 4.69) is 0 Å². The first-order valence-corrected chi connectivity index (χ1v) is 11.5. The molecule has 1 aromatic rings. The molecule has 2 aliphatic rings. The summed E-state index contributed by atoms with van der Waals surface area (Å²) >= 11 is 12.9. The highest BCUT2D eigenvalue weighted by atomic mass is 35.5. The van der Waals surface area contributed by atoms with Crippen molar-refractivity contribution in [3.63, 3.8) is 0 Å². The van der Waals surface area contributed by atoms with Crippen molar-refractivity contribution in [1.29, 1.82) is 0 Å². The van der Waals surface area contributed by atoms with Crippen molar-refractivity contribution in [1.82, 2.24) is 0 Å². The molecular formula is C19H21Cl2NO6S. The summed E-state index contributed by atoms with van der Waals surface area (Å²) in [5, 5.41) is 14.7. The van der Waals surface area contributed by atoms with E-state index in [1.807, 2.05) is 6.92 Å². The zero-order valence-corrected chi connectivity index (χ0v) is 18.2. The number of carboxylic acids is 1. The van der Waals surface area contributed by atoms with Crippen LogP contribution >= 0.6 is 23.2 Å². The van der Waals surface area contributed by atoms with Gasteiger partial charge in [0.2, 0.25) is 0 Å². The molecule has 0 aromatic heterocycles. The summed E-state index contributed by atoms with van der Waals surface area (Å²) in [4.78, 5) is 21.1. The van der Waals surface area contributed by atoms with Gasteiger partial charge in [0.15, 0.2) is 5.78 Å². The zero-order valence-electron chi connectivity index (χ0n) is 15.9. The van der Waals surface area contributed by atoms with Gasteiger partial charge in [0.25, 0.3) is 10.0 Å². The largest absolute Gasteiger partial charge is 0.477 e. The number of carboxylic acid groups (broad SMARTS) is 1. The van der Waals surface area contributed by atoms with E-state index in [1.165, 1.54) is 13.0 Å². The Morgan fingerprint density at radius 2 is 2.00 bits per heavy atom. The molecule has 0 saturated carbocycles. The van der Waals surface area contributed by atoms with Crippen LogP contribution in [0.2, 0.25) is 10.0 Å². The molecule has 0 radical (unpaired) electrons. The van der Waals surface area contributed by atoms with Crippen molar-refractivity contribution < 1.29 is 27.9 Å².